The van der Waals surface area contributed by atoms with Gasteiger partial charge < -0.3 is 25.2 Å². The predicted molar refractivity (Wildman–Crippen MR) is 128 cm³/mol. The van der Waals surface area contributed by atoms with Crippen molar-refractivity contribution in [3.63, 3.8) is 0 Å². The van der Waals surface area contributed by atoms with Crippen molar-refractivity contribution in [2.45, 2.75) is 0 Å². The second kappa shape index (κ2) is 10.2. The van der Waals surface area contributed by atoms with E-state index in [0.717, 1.165) is 10.7 Å². The molecule has 0 aliphatic carbocycles. The summed E-state index contributed by atoms with van der Waals surface area (Å²) >= 11 is 9.63. The highest BCUT2D eigenvalue weighted by molar-refractivity contribution is 9.10. The minimum Gasteiger partial charge on any atom is -0.506 e. The average Bonchev–Trinajstić information content (AvgIpc) is 2.82. The minimum atomic E-state index is -0.532. The molecule has 0 unspecified atom stereocenters. The number of benzene rings is 2. The van der Waals surface area contributed by atoms with E-state index in [-0.39, 0.29) is 28.3 Å². The highest BCUT2D eigenvalue weighted by Crippen LogP contribution is 2.38. The van der Waals surface area contributed by atoms with E-state index in [0.29, 0.717) is 43.2 Å². The van der Waals surface area contributed by atoms with E-state index in [1.54, 1.807) is 29.2 Å². The van der Waals surface area contributed by atoms with E-state index in [9.17, 15) is 14.6 Å². The second-order valence-corrected chi connectivity index (χ2v) is 8.28. The second-order valence-electron chi connectivity index (χ2n) is 6.99. The summed E-state index contributed by atoms with van der Waals surface area (Å²) in [5, 5.41) is 27.5. The monoisotopic (exact) mass is 536 g/mol. The van der Waals surface area contributed by atoms with Gasteiger partial charge in [-0.25, -0.2) is 14.8 Å². The third kappa shape index (κ3) is 5.44. The lowest BCUT2D eigenvalue weighted by molar-refractivity contribution is 0.122. The Kier molecular flexibility index (Phi) is 7.11. The number of phenolic OH excluding ortho intramolecular Hbond substituents is 2. The molecule has 2 aromatic carbocycles. The smallest absolute Gasteiger partial charge is 0.245 e. The molecule has 1 aliphatic heterocycles. The first-order valence-corrected chi connectivity index (χ1v) is 11.0. The van der Waals surface area contributed by atoms with Crippen LogP contribution in [0.25, 0.3) is 0 Å². The minimum absolute atomic E-state index is 0.0272. The first-order valence-electron chi connectivity index (χ1n) is 9.83. The van der Waals surface area contributed by atoms with Crippen molar-refractivity contribution in [3.05, 3.63) is 57.4 Å². The lowest BCUT2D eigenvalue weighted by Gasteiger charge is -2.27. The quantitative estimate of drug-likeness (QED) is 0.207. The topological polar surface area (TPSA) is 115 Å². The zero-order valence-electron chi connectivity index (χ0n) is 17.1. The fourth-order valence-electron chi connectivity index (χ4n) is 3.10. The maximum Gasteiger partial charge on any atom is 0.245 e. The first-order chi connectivity index (χ1) is 15.9. The van der Waals surface area contributed by atoms with Gasteiger partial charge in [-0.15, -0.1) is 0 Å². The summed E-state index contributed by atoms with van der Waals surface area (Å²) in [6.07, 6.45) is 2.41. The van der Waals surface area contributed by atoms with Gasteiger partial charge in [0.2, 0.25) is 5.95 Å². The molecule has 0 spiro atoms. The standard InChI is InChI=1S/C21H19BrClFN6O3/c22-13-2-4-17(31)16(9-13)27-15-3-1-12(19(32)18(15)23)10-26-29-21-25-11-14(24)20(28-21)30-5-7-33-8-6-30/h1-4,9-11,27,31-32H,5-8H2,(H,25,28,29)/b26-10+. The Bertz CT molecular complexity index is 1190. The molecule has 4 rings (SSSR count). The molecule has 3 aromatic rings. The number of hydrogen-bond donors (Lipinski definition) is 4. The van der Waals surface area contributed by atoms with Crippen molar-refractivity contribution in [2.24, 2.45) is 5.10 Å². The van der Waals surface area contributed by atoms with Crippen LogP contribution in [-0.4, -0.2) is 52.7 Å². The molecule has 4 N–H and O–H groups in total. The third-order valence-corrected chi connectivity index (χ3v) is 5.66. The zero-order chi connectivity index (χ0) is 23.4. The van der Waals surface area contributed by atoms with Gasteiger partial charge in [-0.2, -0.15) is 10.1 Å². The van der Waals surface area contributed by atoms with Gasteiger partial charge in [0, 0.05) is 23.1 Å². The van der Waals surface area contributed by atoms with Crippen LogP contribution in [0.5, 0.6) is 11.5 Å². The molecule has 0 amide bonds. The van der Waals surface area contributed by atoms with Crippen LogP contribution in [0.1, 0.15) is 5.56 Å². The van der Waals surface area contributed by atoms with Gasteiger partial charge in [0.1, 0.15) is 16.5 Å². The number of hydrazone groups is 1. The van der Waals surface area contributed by atoms with Crippen LogP contribution in [0, 0.1) is 5.82 Å². The Morgan fingerprint density at radius 1 is 1.18 bits per heavy atom. The number of morpholine rings is 1. The number of rotatable bonds is 6. The molecule has 0 radical (unpaired) electrons. The molecule has 0 bridgehead atoms. The highest BCUT2D eigenvalue weighted by atomic mass is 79.9. The van der Waals surface area contributed by atoms with Crippen molar-refractivity contribution >= 4 is 56.9 Å². The third-order valence-electron chi connectivity index (χ3n) is 4.78. The molecule has 1 fully saturated rings. The molecule has 0 saturated carbocycles. The van der Waals surface area contributed by atoms with Gasteiger partial charge in [-0.05, 0) is 30.3 Å². The van der Waals surface area contributed by atoms with Gasteiger partial charge in [-0.1, -0.05) is 27.5 Å². The van der Waals surface area contributed by atoms with Crippen LogP contribution in [-0.2, 0) is 4.74 Å². The van der Waals surface area contributed by atoms with E-state index in [2.05, 4.69) is 41.7 Å². The van der Waals surface area contributed by atoms with Crippen LogP contribution in [0.4, 0.5) is 27.5 Å². The Hall–Kier alpha value is -3.15. The average molecular weight is 538 g/mol. The molecular formula is C21H19BrClFN6O3. The Balaban J connectivity index is 1.47. The number of phenols is 2. The van der Waals surface area contributed by atoms with E-state index in [1.807, 2.05) is 0 Å². The molecule has 172 valence electrons. The van der Waals surface area contributed by atoms with Crippen molar-refractivity contribution in [1.82, 2.24) is 9.97 Å². The zero-order valence-corrected chi connectivity index (χ0v) is 19.4. The molecule has 0 atom stereocenters. The Labute approximate surface area is 202 Å². The summed E-state index contributed by atoms with van der Waals surface area (Å²) in [6.45, 7) is 2.05. The Morgan fingerprint density at radius 2 is 1.97 bits per heavy atom. The van der Waals surface area contributed by atoms with E-state index < -0.39 is 5.82 Å². The normalized spacial score (nSPS) is 14.0. The molecule has 2 heterocycles. The van der Waals surface area contributed by atoms with Gasteiger partial charge in [0.15, 0.2) is 11.6 Å². The van der Waals surface area contributed by atoms with E-state index in [4.69, 9.17) is 16.3 Å². The fourth-order valence-corrected chi connectivity index (χ4v) is 3.68. The molecule has 1 aromatic heterocycles. The first kappa shape index (κ1) is 23.0. The van der Waals surface area contributed by atoms with E-state index in [1.165, 1.54) is 12.3 Å². The summed E-state index contributed by atoms with van der Waals surface area (Å²) in [5.74, 6) is -0.447. The molecule has 1 saturated heterocycles. The highest BCUT2D eigenvalue weighted by Gasteiger charge is 2.18. The number of aromatic hydroxyl groups is 2. The SMILES string of the molecule is Oc1ccc(Br)cc1Nc1ccc(/C=N/Nc2ncc(F)c(N3CCOCC3)n2)c(O)c1Cl. The molecule has 9 nitrogen and oxygen atoms in total. The summed E-state index contributed by atoms with van der Waals surface area (Å²) in [6, 6.07) is 8.12. The molecular weight excluding hydrogens is 519 g/mol. The van der Waals surface area contributed by atoms with Crippen molar-refractivity contribution in [3.8, 4) is 11.5 Å². The number of nitrogens with one attached hydrogen (secondary N) is 2. The van der Waals surface area contributed by atoms with E-state index >= 15 is 0 Å². The van der Waals surface area contributed by atoms with Gasteiger partial charge >= 0.3 is 0 Å². The summed E-state index contributed by atoms with van der Waals surface area (Å²) in [7, 11) is 0. The van der Waals surface area contributed by atoms with Crippen molar-refractivity contribution in [1.29, 1.82) is 0 Å². The number of aromatic nitrogens is 2. The maximum absolute atomic E-state index is 14.1. The summed E-state index contributed by atoms with van der Waals surface area (Å²) < 4.78 is 20.2. The van der Waals surface area contributed by atoms with Gasteiger partial charge in [-0.3, -0.25) is 0 Å². The van der Waals surface area contributed by atoms with Crippen LogP contribution < -0.4 is 15.6 Å². The number of nitrogens with zero attached hydrogens (tertiary/aromatic N) is 4. The number of hydrogen-bond acceptors (Lipinski definition) is 9. The van der Waals surface area contributed by atoms with Crippen LogP contribution in [0.15, 0.2) is 46.1 Å². The lowest BCUT2D eigenvalue weighted by Crippen LogP contribution is -2.37. The number of anilines is 4. The summed E-state index contributed by atoms with van der Waals surface area (Å²) in [4.78, 5) is 9.84. The van der Waals surface area contributed by atoms with Gasteiger partial charge in [0.25, 0.3) is 0 Å². The maximum atomic E-state index is 14.1. The largest absolute Gasteiger partial charge is 0.506 e. The molecule has 33 heavy (non-hydrogen) atoms. The number of halogens is 3. The van der Waals surface area contributed by atoms with Crippen LogP contribution >= 0.6 is 27.5 Å². The fraction of sp³-hybridized carbons (Fsp3) is 0.190. The lowest BCUT2D eigenvalue weighted by atomic mass is 10.2. The van der Waals surface area contributed by atoms with Crippen LogP contribution in [0.2, 0.25) is 5.02 Å². The van der Waals surface area contributed by atoms with Gasteiger partial charge in [0.05, 0.1) is 37.0 Å². The van der Waals surface area contributed by atoms with Crippen LogP contribution in [0.3, 0.4) is 0 Å². The predicted octanol–water partition coefficient (Wildman–Crippen LogP) is 4.47. The molecule has 1 aliphatic rings. The number of ether oxygens (including phenoxy) is 1. The van der Waals surface area contributed by atoms with Crippen molar-refractivity contribution in [2.75, 3.05) is 41.9 Å². The Morgan fingerprint density at radius 3 is 2.76 bits per heavy atom. The van der Waals surface area contributed by atoms with Crippen molar-refractivity contribution < 1.29 is 19.3 Å². The summed E-state index contributed by atoms with van der Waals surface area (Å²) in [5.41, 5.74) is 3.76. The molecule has 12 heteroatoms.